The quantitative estimate of drug-likeness (QED) is 0.387. The Morgan fingerprint density at radius 2 is 1.56 bits per heavy atom. The van der Waals surface area contributed by atoms with Crippen molar-refractivity contribution in [3.05, 3.63) is 83.9 Å². The Kier molecular flexibility index (Phi) is 8.98. The van der Waals surface area contributed by atoms with Gasteiger partial charge in [0, 0.05) is 6.07 Å². The summed E-state index contributed by atoms with van der Waals surface area (Å²) in [7, 11) is -0.912. The van der Waals surface area contributed by atoms with Gasteiger partial charge in [0.1, 0.15) is 18.0 Å². The number of sulfonamides is 1. The maximum absolute atomic E-state index is 13.7. The van der Waals surface area contributed by atoms with Crippen LogP contribution in [0, 0.1) is 12.8 Å². The third-order valence-electron chi connectivity index (χ3n) is 5.80. The highest BCUT2D eigenvalue weighted by molar-refractivity contribution is 7.92. The first-order valence-electron chi connectivity index (χ1n) is 11.8. The largest absolute Gasteiger partial charge is 0.497 e. The number of rotatable bonds is 11. The minimum absolute atomic E-state index is 0.109. The van der Waals surface area contributed by atoms with Crippen LogP contribution >= 0.6 is 0 Å². The van der Waals surface area contributed by atoms with Crippen LogP contribution in [0.5, 0.6) is 11.5 Å². The fourth-order valence-corrected chi connectivity index (χ4v) is 5.29. The predicted octanol–water partition coefficient (Wildman–Crippen LogP) is 5.11. The smallest absolute Gasteiger partial charge is 0.264 e. The first-order valence-corrected chi connectivity index (χ1v) is 13.2. The molecule has 0 saturated carbocycles. The van der Waals surface area contributed by atoms with Crippen molar-refractivity contribution in [2.24, 2.45) is 5.92 Å². The van der Waals surface area contributed by atoms with Crippen LogP contribution in [0.25, 0.3) is 0 Å². The van der Waals surface area contributed by atoms with E-state index < -0.39 is 15.9 Å². The van der Waals surface area contributed by atoms with E-state index in [-0.39, 0.29) is 17.5 Å². The zero-order valence-electron chi connectivity index (χ0n) is 21.4. The Hall–Kier alpha value is -3.52. The van der Waals surface area contributed by atoms with E-state index in [0.717, 1.165) is 21.2 Å². The van der Waals surface area contributed by atoms with Gasteiger partial charge in [-0.2, -0.15) is 0 Å². The summed E-state index contributed by atoms with van der Waals surface area (Å²) < 4.78 is 39.0. The van der Waals surface area contributed by atoms with Gasteiger partial charge < -0.3 is 14.8 Å². The van der Waals surface area contributed by atoms with E-state index in [4.69, 9.17) is 9.47 Å². The summed E-state index contributed by atoms with van der Waals surface area (Å²) >= 11 is 0. The van der Waals surface area contributed by atoms with Gasteiger partial charge in [-0.1, -0.05) is 49.7 Å². The van der Waals surface area contributed by atoms with Gasteiger partial charge in [0.25, 0.3) is 10.0 Å². The monoisotopic (exact) mass is 510 g/mol. The molecular formula is C28H34N2O5S. The van der Waals surface area contributed by atoms with E-state index in [1.54, 1.807) is 55.6 Å². The third-order valence-corrected chi connectivity index (χ3v) is 7.59. The Morgan fingerprint density at radius 3 is 2.14 bits per heavy atom. The number of ether oxygens (including phenoxy) is 2. The predicted molar refractivity (Wildman–Crippen MR) is 142 cm³/mol. The SMILES string of the molecule is COc1ccc([C@@H](CC(C)C)NC(=O)CN(c2cccc(OC)c2)S(=O)(=O)c2ccc(C)cc2)cc1. The summed E-state index contributed by atoms with van der Waals surface area (Å²) in [5.41, 5.74) is 2.21. The Morgan fingerprint density at radius 1 is 0.917 bits per heavy atom. The third kappa shape index (κ3) is 6.79. The van der Waals surface area contributed by atoms with Gasteiger partial charge in [-0.25, -0.2) is 8.42 Å². The molecule has 1 N–H and O–H groups in total. The normalized spacial score (nSPS) is 12.2. The Labute approximate surface area is 214 Å². The number of carbonyl (C=O) groups is 1. The van der Waals surface area contributed by atoms with E-state index in [0.29, 0.717) is 23.8 Å². The van der Waals surface area contributed by atoms with E-state index in [9.17, 15) is 13.2 Å². The van der Waals surface area contributed by atoms with Crippen LogP contribution in [0.4, 0.5) is 5.69 Å². The van der Waals surface area contributed by atoms with E-state index >= 15 is 0 Å². The number of aryl methyl sites for hydroxylation is 1. The minimum atomic E-state index is -4.02. The Balaban J connectivity index is 1.93. The average Bonchev–Trinajstić information content (AvgIpc) is 2.87. The van der Waals surface area contributed by atoms with Gasteiger partial charge in [-0.15, -0.1) is 0 Å². The molecule has 0 fully saturated rings. The lowest BCUT2D eigenvalue weighted by atomic mass is 9.97. The molecule has 0 aromatic heterocycles. The lowest BCUT2D eigenvalue weighted by molar-refractivity contribution is -0.120. The van der Waals surface area contributed by atoms with Gasteiger partial charge >= 0.3 is 0 Å². The molecule has 0 aliphatic heterocycles. The van der Waals surface area contributed by atoms with Crippen molar-refractivity contribution in [1.82, 2.24) is 5.32 Å². The summed E-state index contributed by atoms with van der Waals surface area (Å²) in [5.74, 6) is 1.12. The number of hydrogen-bond acceptors (Lipinski definition) is 5. The summed E-state index contributed by atoms with van der Waals surface area (Å²) in [6, 6.07) is 20.5. The molecule has 8 heteroatoms. The van der Waals surface area contributed by atoms with E-state index in [1.807, 2.05) is 31.2 Å². The number of nitrogens with zero attached hydrogens (tertiary/aromatic N) is 1. The highest BCUT2D eigenvalue weighted by atomic mass is 32.2. The number of benzene rings is 3. The minimum Gasteiger partial charge on any atom is -0.497 e. The molecule has 36 heavy (non-hydrogen) atoms. The summed E-state index contributed by atoms with van der Waals surface area (Å²) in [5, 5.41) is 3.05. The highest BCUT2D eigenvalue weighted by Crippen LogP contribution is 2.28. The first-order chi connectivity index (χ1) is 17.1. The molecule has 3 aromatic carbocycles. The molecule has 0 saturated heterocycles. The van der Waals surface area contributed by atoms with Gasteiger partial charge in [0.15, 0.2) is 0 Å². The molecule has 3 rings (SSSR count). The maximum atomic E-state index is 13.7. The van der Waals surface area contributed by atoms with Crippen molar-refractivity contribution >= 4 is 21.6 Å². The number of amides is 1. The van der Waals surface area contributed by atoms with Crippen LogP contribution in [-0.2, 0) is 14.8 Å². The van der Waals surface area contributed by atoms with Crippen LogP contribution < -0.4 is 19.1 Å². The molecule has 0 spiro atoms. The zero-order valence-corrected chi connectivity index (χ0v) is 22.2. The standard InChI is InChI=1S/C28H34N2O5S/c1-20(2)17-27(22-11-13-24(34-4)14-12-22)29-28(31)19-30(23-7-6-8-25(18-23)35-5)36(32,33)26-15-9-21(3)10-16-26/h6-16,18,20,27H,17,19H2,1-5H3,(H,29,31)/t27-/m1/s1. The molecule has 0 aliphatic carbocycles. The number of carbonyl (C=O) groups excluding carboxylic acids is 1. The Bertz CT molecular complexity index is 1260. The maximum Gasteiger partial charge on any atom is 0.264 e. The molecule has 192 valence electrons. The average molecular weight is 511 g/mol. The van der Waals surface area contributed by atoms with Gasteiger partial charge in [0.2, 0.25) is 5.91 Å². The number of methoxy groups -OCH3 is 2. The van der Waals surface area contributed by atoms with Gasteiger partial charge in [-0.05, 0) is 61.2 Å². The lowest BCUT2D eigenvalue weighted by Gasteiger charge is -2.27. The molecule has 0 bridgehead atoms. The number of nitrogens with one attached hydrogen (secondary N) is 1. The zero-order chi connectivity index (χ0) is 26.3. The summed E-state index contributed by atoms with van der Waals surface area (Å²) in [6.45, 7) is 5.66. The number of hydrogen-bond donors (Lipinski definition) is 1. The van der Waals surface area contributed by atoms with Crippen LogP contribution in [0.3, 0.4) is 0 Å². The second kappa shape index (κ2) is 11.9. The first kappa shape index (κ1) is 27.1. The van der Waals surface area contributed by atoms with Crippen molar-refractivity contribution in [3.8, 4) is 11.5 Å². The molecule has 0 unspecified atom stereocenters. The van der Waals surface area contributed by atoms with Crippen LogP contribution in [0.2, 0.25) is 0 Å². The van der Waals surface area contributed by atoms with Crippen LogP contribution in [-0.4, -0.2) is 35.1 Å². The molecule has 1 atom stereocenters. The second-order valence-electron chi connectivity index (χ2n) is 9.05. The van der Waals surface area contributed by atoms with E-state index in [1.165, 1.54) is 7.11 Å². The van der Waals surface area contributed by atoms with Crippen LogP contribution in [0.1, 0.15) is 37.4 Å². The van der Waals surface area contributed by atoms with Crippen molar-refractivity contribution in [3.63, 3.8) is 0 Å². The molecule has 3 aromatic rings. The topological polar surface area (TPSA) is 84.9 Å². The highest BCUT2D eigenvalue weighted by Gasteiger charge is 2.28. The van der Waals surface area contributed by atoms with Crippen molar-refractivity contribution in [1.29, 1.82) is 0 Å². The van der Waals surface area contributed by atoms with Crippen molar-refractivity contribution in [2.75, 3.05) is 25.1 Å². The summed E-state index contributed by atoms with van der Waals surface area (Å²) in [6.07, 6.45) is 0.696. The molecular weight excluding hydrogens is 476 g/mol. The molecule has 1 amide bonds. The molecule has 7 nitrogen and oxygen atoms in total. The van der Waals surface area contributed by atoms with Gasteiger partial charge in [-0.3, -0.25) is 9.10 Å². The fraction of sp³-hybridized carbons (Fsp3) is 0.321. The summed E-state index contributed by atoms with van der Waals surface area (Å²) in [4.78, 5) is 13.4. The lowest BCUT2D eigenvalue weighted by Crippen LogP contribution is -2.42. The molecule has 0 radical (unpaired) electrons. The van der Waals surface area contributed by atoms with E-state index in [2.05, 4.69) is 19.2 Å². The molecule has 0 heterocycles. The van der Waals surface area contributed by atoms with Gasteiger partial charge in [0.05, 0.1) is 30.8 Å². The van der Waals surface area contributed by atoms with Crippen molar-refractivity contribution < 1.29 is 22.7 Å². The van der Waals surface area contributed by atoms with Crippen LogP contribution in [0.15, 0.2) is 77.7 Å². The number of anilines is 1. The fourth-order valence-electron chi connectivity index (χ4n) is 3.87. The second-order valence-corrected chi connectivity index (χ2v) is 10.9. The molecule has 0 aliphatic rings. The van der Waals surface area contributed by atoms with Crippen molar-refractivity contribution in [2.45, 2.75) is 38.1 Å².